The standard InChI is InChI=1S/C53H35N3O/c1-3-12-36(13-4-1)39-16-11-17-45(35-39)55(43-28-30-44(31-29-43)56-50-20-9-7-18-47(50)48-19-8-10-21-51(48)56)42-26-22-37(23-27-42)40-24-32-46-41(34-40)25-33-49-52(46)57-53(54-49)38-14-5-2-6-15-38/h1-35H. The van der Waals surface area contributed by atoms with Crippen molar-refractivity contribution in [1.29, 1.82) is 0 Å². The molecule has 4 heteroatoms. The number of fused-ring (bicyclic) bond motifs is 6. The average molecular weight is 730 g/mol. The van der Waals surface area contributed by atoms with Crippen LogP contribution in [0.1, 0.15) is 0 Å². The molecule has 0 saturated heterocycles. The van der Waals surface area contributed by atoms with Crippen LogP contribution in [0.25, 0.3) is 83.1 Å². The summed E-state index contributed by atoms with van der Waals surface area (Å²) in [6, 6.07) is 75.3. The molecule has 0 atom stereocenters. The molecule has 2 heterocycles. The smallest absolute Gasteiger partial charge is 0.227 e. The van der Waals surface area contributed by atoms with Crippen LogP contribution in [0.4, 0.5) is 17.1 Å². The largest absolute Gasteiger partial charge is 0.435 e. The Bertz CT molecular complexity index is 3160. The highest BCUT2D eigenvalue weighted by Crippen LogP contribution is 2.40. The van der Waals surface area contributed by atoms with Crippen LogP contribution in [-0.2, 0) is 0 Å². The van der Waals surface area contributed by atoms with Crippen molar-refractivity contribution in [3.05, 3.63) is 212 Å². The van der Waals surface area contributed by atoms with Crippen molar-refractivity contribution in [1.82, 2.24) is 9.55 Å². The summed E-state index contributed by atoms with van der Waals surface area (Å²) < 4.78 is 8.69. The molecule has 9 aromatic carbocycles. The number of para-hydroxylation sites is 2. The van der Waals surface area contributed by atoms with Crippen molar-refractivity contribution in [2.75, 3.05) is 4.90 Å². The molecule has 57 heavy (non-hydrogen) atoms. The van der Waals surface area contributed by atoms with E-state index in [2.05, 4.69) is 191 Å². The molecule has 0 radical (unpaired) electrons. The zero-order valence-corrected chi connectivity index (χ0v) is 31.0. The lowest BCUT2D eigenvalue weighted by Crippen LogP contribution is -2.10. The Balaban J connectivity index is 0.978. The number of rotatable bonds is 7. The first-order valence-corrected chi connectivity index (χ1v) is 19.3. The summed E-state index contributed by atoms with van der Waals surface area (Å²) in [5.41, 5.74) is 14.0. The SMILES string of the molecule is c1ccc(-c2cccc(N(c3ccc(-c4ccc5c(ccc6nc(-c7ccccc7)oc65)c4)cc3)c3ccc(-n4c5ccccc5c5ccccc54)cc3)c2)cc1. The maximum absolute atomic E-state index is 6.32. The van der Waals surface area contributed by atoms with Gasteiger partial charge in [0.2, 0.25) is 5.89 Å². The minimum atomic E-state index is 0.637. The van der Waals surface area contributed by atoms with Crippen molar-refractivity contribution in [2.45, 2.75) is 0 Å². The highest BCUT2D eigenvalue weighted by atomic mass is 16.3. The third-order valence-corrected chi connectivity index (χ3v) is 11.0. The molecule has 11 aromatic rings. The quantitative estimate of drug-likeness (QED) is 0.164. The molecular formula is C53H35N3O. The van der Waals surface area contributed by atoms with Gasteiger partial charge in [0.25, 0.3) is 0 Å². The maximum atomic E-state index is 6.32. The van der Waals surface area contributed by atoms with E-state index in [0.29, 0.717) is 5.89 Å². The van der Waals surface area contributed by atoms with Gasteiger partial charge in [0.15, 0.2) is 5.58 Å². The summed E-state index contributed by atoms with van der Waals surface area (Å²) in [6.07, 6.45) is 0. The molecule has 0 aliphatic heterocycles. The fraction of sp³-hybridized carbons (Fsp3) is 0. The Morgan fingerprint density at radius 2 is 0.947 bits per heavy atom. The summed E-state index contributed by atoms with van der Waals surface area (Å²) in [7, 11) is 0. The van der Waals surface area contributed by atoms with Gasteiger partial charge in [-0.1, -0.05) is 121 Å². The highest BCUT2D eigenvalue weighted by Gasteiger charge is 2.17. The third-order valence-electron chi connectivity index (χ3n) is 11.0. The molecule has 0 saturated carbocycles. The van der Waals surface area contributed by atoms with Crippen molar-refractivity contribution in [3.8, 4) is 39.4 Å². The fourth-order valence-electron chi connectivity index (χ4n) is 8.25. The first kappa shape index (κ1) is 32.7. The number of aromatic nitrogens is 2. The molecule has 4 nitrogen and oxygen atoms in total. The molecule has 0 spiro atoms. The normalized spacial score (nSPS) is 11.5. The van der Waals surface area contributed by atoms with Gasteiger partial charge in [-0.15, -0.1) is 0 Å². The Kier molecular flexibility index (Phi) is 7.78. The van der Waals surface area contributed by atoms with Gasteiger partial charge in [-0.3, -0.25) is 0 Å². The van der Waals surface area contributed by atoms with Crippen LogP contribution in [0.3, 0.4) is 0 Å². The lowest BCUT2D eigenvalue weighted by molar-refractivity contribution is 0.623. The van der Waals surface area contributed by atoms with E-state index in [1.807, 2.05) is 30.3 Å². The van der Waals surface area contributed by atoms with Gasteiger partial charge in [-0.2, -0.15) is 0 Å². The van der Waals surface area contributed by atoms with Gasteiger partial charge in [0.1, 0.15) is 5.52 Å². The topological polar surface area (TPSA) is 34.2 Å². The molecule has 0 unspecified atom stereocenters. The summed E-state index contributed by atoms with van der Waals surface area (Å²) in [6.45, 7) is 0. The molecule has 0 fully saturated rings. The molecule has 0 amide bonds. The molecule has 0 aliphatic carbocycles. The van der Waals surface area contributed by atoms with E-state index in [0.717, 1.165) is 61.3 Å². The summed E-state index contributed by atoms with van der Waals surface area (Å²) in [5.74, 6) is 0.637. The van der Waals surface area contributed by atoms with Crippen molar-refractivity contribution in [2.24, 2.45) is 0 Å². The monoisotopic (exact) mass is 729 g/mol. The average Bonchev–Trinajstić information content (AvgIpc) is 3.88. The molecule has 2 aromatic heterocycles. The van der Waals surface area contributed by atoms with Gasteiger partial charge in [-0.25, -0.2) is 4.98 Å². The Morgan fingerprint density at radius 3 is 1.65 bits per heavy atom. The van der Waals surface area contributed by atoms with E-state index in [1.165, 1.54) is 32.9 Å². The van der Waals surface area contributed by atoms with E-state index in [1.54, 1.807) is 0 Å². The molecule has 0 bridgehead atoms. The number of oxazole rings is 1. The first-order chi connectivity index (χ1) is 28.2. The van der Waals surface area contributed by atoms with Gasteiger partial charge >= 0.3 is 0 Å². The lowest BCUT2D eigenvalue weighted by atomic mass is 10.00. The second kappa shape index (κ2) is 13.6. The Labute approximate surface area is 330 Å². The van der Waals surface area contributed by atoms with E-state index in [-0.39, 0.29) is 0 Å². The number of benzene rings is 9. The van der Waals surface area contributed by atoms with E-state index >= 15 is 0 Å². The number of nitrogens with zero attached hydrogens (tertiary/aromatic N) is 3. The number of hydrogen-bond acceptors (Lipinski definition) is 3. The third kappa shape index (κ3) is 5.74. The highest BCUT2D eigenvalue weighted by molar-refractivity contribution is 6.09. The second-order valence-corrected chi connectivity index (χ2v) is 14.4. The lowest BCUT2D eigenvalue weighted by Gasteiger charge is -2.26. The van der Waals surface area contributed by atoms with Crippen LogP contribution >= 0.6 is 0 Å². The number of hydrogen-bond donors (Lipinski definition) is 0. The molecular weight excluding hydrogens is 695 g/mol. The summed E-state index contributed by atoms with van der Waals surface area (Å²) >= 11 is 0. The maximum Gasteiger partial charge on any atom is 0.227 e. The minimum absolute atomic E-state index is 0.637. The second-order valence-electron chi connectivity index (χ2n) is 14.4. The van der Waals surface area contributed by atoms with E-state index in [9.17, 15) is 0 Å². The minimum Gasteiger partial charge on any atom is -0.435 e. The predicted molar refractivity (Wildman–Crippen MR) is 237 cm³/mol. The van der Waals surface area contributed by atoms with Crippen molar-refractivity contribution in [3.63, 3.8) is 0 Å². The molecule has 11 rings (SSSR count). The predicted octanol–water partition coefficient (Wildman–Crippen LogP) is 14.5. The Hall–Kier alpha value is -7.69. The van der Waals surface area contributed by atoms with Crippen molar-refractivity contribution >= 4 is 60.7 Å². The molecule has 0 aliphatic rings. The zero-order chi connectivity index (χ0) is 37.7. The number of anilines is 3. The van der Waals surface area contributed by atoms with Gasteiger partial charge < -0.3 is 13.9 Å². The zero-order valence-electron chi connectivity index (χ0n) is 31.0. The fourth-order valence-corrected chi connectivity index (χ4v) is 8.25. The van der Waals surface area contributed by atoms with Gasteiger partial charge in [0, 0.05) is 44.5 Å². The van der Waals surface area contributed by atoms with Crippen LogP contribution in [0.5, 0.6) is 0 Å². The van der Waals surface area contributed by atoms with Crippen LogP contribution in [0, 0.1) is 0 Å². The summed E-state index contributed by atoms with van der Waals surface area (Å²) in [5, 5.41) is 4.68. The molecule has 268 valence electrons. The Morgan fingerprint density at radius 1 is 0.386 bits per heavy atom. The van der Waals surface area contributed by atoms with Crippen LogP contribution in [-0.4, -0.2) is 9.55 Å². The van der Waals surface area contributed by atoms with Crippen LogP contribution in [0.15, 0.2) is 217 Å². The first-order valence-electron chi connectivity index (χ1n) is 19.3. The molecule has 0 N–H and O–H groups in total. The summed E-state index contributed by atoms with van der Waals surface area (Å²) in [4.78, 5) is 7.13. The van der Waals surface area contributed by atoms with Crippen LogP contribution in [0.2, 0.25) is 0 Å². The van der Waals surface area contributed by atoms with E-state index < -0.39 is 0 Å². The van der Waals surface area contributed by atoms with E-state index in [4.69, 9.17) is 9.40 Å². The van der Waals surface area contributed by atoms with Gasteiger partial charge in [-0.05, 0) is 119 Å². The van der Waals surface area contributed by atoms with Gasteiger partial charge in [0.05, 0.1) is 11.0 Å². The van der Waals surface area contributed by atoms with Crippen molar-refractivity contribution < 1.29 is 4.42 Å². The van der Waals surface area contributed by atoms with Crippen LogP contribution < -0.4 is 4.90 Å².